The normalized spacial score (nSPS) is 20.5. The number of nitrogens with one attached hydrogen (secondary N) is 1. The number of ether oxygens (including phenoxy) is 1. The van der Waals surface area contributed by atoms with Crippen LogP contribution in [0.4, 0.5) is 0 Å². The molecule has 0 bridgehead atoms. The highest BCUT2D eigenvalue weighted by Gasteiger charge is 2.39. The smallest absolute Gasteiger partial charge is 0.311 e. The minimum Gasteiger partial charge on any atom is -0.455 e. The van der Waals surface area contributed by atoms with Crippen LogP contribution in [0.3, 0.4) is 0 Å². The third kappa shape index (κ3) is 5.65. The van der Waals surface area contributed by atoms with Crippen molar-refractivity contribution >= 4 is 23.6 Å². The lowest BCUT2D eigenvalue weighted by Gasteiger charge is -2.23. The van der Waals surface area contributed by atoms with Crippen molar-refractivity contribution < 1.29 is 23.9 Å². The van der Waals surface area contributed by atoms with E-state index in [9.17, 15) is 19.2 Å². The van der Waals surface area contributed by atoms with Gasteiger partial charge < -0.3 is 15.0 Å². The minimum absolute atomic E-state index is 0.0113. The van der Waals surface area contributed by atoms with Crippen molar-refractivity contribution in [3.63, 3.8) is 0 Å². The van der Waals surface area contributed by atoms with Crippen LogP contribution in [0.5, 0.6) is 0 Å². The Bertz CT molecular complexity index is 758. The number of carbonyl (C=O) groups excluding carboxylic acids is 4. The summed E-state index contributed by atoms with van der Waals surface area (Å²) in [7, 11) is 0. The molecule has 1 aromatic carbocycles. The molecule has 1 aromatic rings. The summed E-state index contributed by atoms with van der Waals surface area (Å²) in [4.78, 5) is 50.4. The fraction of sp³-hybridized carbons (Fsp3) is 0.545. The molecule has 0 spiro atoms. The molecule has 7 heteroatoms. The highest BCUT2D eigenvalue weighted by Crippen LogP contribution is 2.29. The van der Waals surface area contributed by atoms with Gasteiger partial charge in [-0.1, -0.05) is 43.2 Å². The van der Waals surface area contributed by atoms with Gasteiger partial charge in [0.15, 0.2) is 12.4 Å². The van der Waals surface area contributed by atoms with Crippen LogP contribution in [0.25, 0.3) is 0 Å². The molecule has 2 atom stereocenters. The zero-order valence-electron chi connectivity index (χ0n) is 16.8. The Kier molecular flexibility index (Phi) is 7.01. The van der Waals surface area contributed by atoms with E-state index in [4.69, 9.17) is 4.74 Å². The lowest BCUT2D eigenvalue weighted by molar-refractivity contribution is -0.152. The van der Waals surface area contributed by atoms with Crippen molar-refractivity contribution in [3.8, 4) is 0 Å². The molecule has 1 heterocycles. The van der Waals surface area contributed by atoms with Gasteiger partial charge in [-0.15, -0.1) is 0 Å². The van der Waals surface area contributed by atoms with Gasteiger partial charge in [0.05, 0.1) is 12.0 Å². The summed E-state index contributed by atoms with van der Waals surface area (Å²) in [5, 5.41) is 2.63. The van der Waals surface area contributed by atoms with Gasteiger partial charge in [-0.2, -0.15) is 0 Å². The molecule has 0 radical (unpaired) electrons. The van der Waals surface area contributed by atoms with Crippen LogP contribution < -0.4 is 5.32 Å². The van der Waals surface area contributed by atoms with Gasteiger partial charge in [-0.05, 0) is 31.7 Å². The lowest BCUT2D eigenvalue weighted by atomic mass is 10.0. The Balaban J connectivity index is 1.46. The summed E-state index contributed by atoms with van der Waals surface area (Å²) < 4.78 is 5.14. The first-order valence-corrected chi connectivity index (χ1v) is 10.2. The number of benzene rings is 1. The van der Waals surface area contributed by atoms with Crippen molar-refractivity contribution in [2.75, 3.05) is 13.2 Å². The Morgan fingerprint density at radius 2 is 1.86 bits per heavy atom. The average Bonchev–Trinajstić information content (AvgIpc) is 3.36. The maximum Gasteiger partial charge on any atom is 0.311 e. The Morgan fingerprint density at radius 1 is 1.17 bits per heavy atom. The lowest BCUT2D eigenvalue weighted by Crippen LogP contribution is -2.43. The highest BCUT2D eigenvalue weighted by atomic mass is 16.5. The molecule has 2 amide bonds. The van der Waals surface area contributed by atoms with E-state index in [1.54, 1.807) is 4.90 Å². The van der Waals surface area contributed by atoms with E-state index in [1.807, 2.05) is 30.3 Å². The SMILES string of the molecule is CC(=O)[C@H](Cc1ccccc1)NC(=O)COC(=O)[C@@H]1CC(=O)N(C2CCCC2)C1. The molecule has 29 heavy (non-hydrogen) atoms. The summed E-state index contributed by atoms with van der Waals surface area (Å²) >= 11 is 0. The van der Waals surface area contributed by atoms with E-state index in [2.05, 4.69) is 5.32 Å². The van der Waals surface area contributed by atoms with E-state index < -0.39 is 30.4 Å². The van der Waals surface area contributed by atoms with Crippen LogP contribution >= 0.6 is 0 Å². The third-order valence-corrected chi connectivity index (χ3v) is 5.71. The maximum atomic E-state index is 12.3. The predicted molar refractivity (Wildman–Crippen MR) is 106 cm³/mol. The van der Waals surface area contributed by atoms with Gasteiger partial charge >= 0.3 is 5.97 Å². The summed E-state index contributed by atoms with van der Waals surface area (Å²) in [6.45, 7) is 1.33. The van der Waals surface area contributed by atoms with E-state index in [-0.39, 0.29) is 24.2 Å². The summed E-state index contributed by atoms with van der Waals surface area (Å²) in [6.07, 6.45) is 4.73. The fourth-order valence-corrected chi connectivity index (χ4v) is 4.10. The number of rotatable bonds is 8. The second-order valence-corrected chi connectivity index (χ2v) is 7.91. The van der Waals surface area contributed by atoms with Gasteiger partial charge in [0.2, 0.25) is 5.91 Å². The third-order valence-electron chi connectivity index (χ3n) is 5.71. The predicted octanol–water partition coefficient (Wildman–Crippen LogP) is 1.64. The highest BCUT2D eigenvalue weighted by molar-refractivity contribution is 5.90. The monoisotopic (exact) mass is 400 g/mol. The number of carbonyl (C=O) groups is 4. The van der Waals surface area contributed by atoms with Gasteiger partial charge in [0.25, 0.3) is 5.91 Å². The second kappa shape index (κ2) is 9.67. The summed E-state index contributed by atoms with van der Waals surface area (Å²) in [5.41, 5.74) is 0.932. The fourth-order valence-electron chi connectivity index (χ4n) is 4.10. The molecule has 1 N–H and O–H groups in total. The first kappa shape index (κ1) is 21.0. The van der Waals surface area contributed by atoms with Crippen molar-refractivity contribution in [2.45, 2.75) is 57.5 Å². The Morgan fingerprint density at radius 3 is 2.52 bits per heavy atom. The van der Waals surface area contributed by atoms with Crippen LogP contribution in [0.15, 0.2) is 30.3 Å². The first-order valence-electron chi connectivity index (χ1n) is 10.2. The molecule has 3 rings (SSSR count). The number of Topliss-reactive ketones (excluding diaryl/α,β-unsaturated/α-hetero) is 1. The van der Waals surface area contributed by atoms with Crippen molar-refractivity contribution in [2.24, 2.45) is 5.92 Å². The minimum atomic E-state index is -0.672. The van der Waals surface area contributed by atoms with Crippen molar-refractivity contribution in [3.05, 3.63) is 35.9 Å². The van der Waals surface area contributed by atoms with Gasteiger partial charge in [-0.3, -0.25) is 19.2 Å². The number of hydrogen-bond donors (Lipinski definition) is 1. The molecular formula is C22H28N2O5. The first-order chi connectivity index (χ1) is 13.9. The molecule has 1 aliphatic heterocycles. The molecule has 0 unspecified atom stereocenters. The van der Waals surface area contributed by atoms with Crippen molar-refractivity contribution in [1.82, 2.24) is 10.2 Å². The van der Waals surface area contributed by atoms with Crippen LogP contribution in [0, 0.1) is 5.92 Å². The van der Waals surface area contributed by atoms with Crippen LogP contribution in [0.1, 0.15) is 44.6 Å². The molecule has 2 fully saturated rings. The number of likely N-dealkylation sites (tertiary alicyclic amines) is 1. The molecule has 1 aliphatic carbocycles. The average molecular weight is 400 g/mol. The van der Waals surface area contributed by atoms with E-state index in [1.165, 1.54) is 6.92 Å². The summed E-state index contributed by atoms with van der Waals surface area (Å²) in [6, 6.07) is 8.95. The zero-order valence-corrected chi connectivity index (χ0v) is 16.8. The van der Waals surface area contributed by atoms with E-state index >= 15 is 0 Å². The van der Waals surface area contributed by atoms with E-state index in [0.29, 0.717) is 13.0 Å². The molecular weight excluding hydrogens is 372 g/mol. The van der Waals surface area contributed by atoms with Gasteiger partial charge in [0.1, 0.15) is 0 Å². The standard InChI is InChI=1S/C22H28N2O5/c1-15(25)19(11-16-7-3-2-4-8-16)23-20(26)14-29-22(28)17-12-21(27)24(13-17)18-9-5-6-10-18/h2-4,7-8,17-19H,5-6,9-14H2,1H3,(H,23,26)/t17-,19+/m1/s1. The molecule has 1 saturated heterocycles. The van der Waals surface area contributed by atoms with E-state index in [0.717, 1.165) is 31.2 Å². The number of esters is 1. The maximum absolute atomic E-state index is 12.3. The molecule has 7 nitrogen and oxygen atoms in total. The molecule has 0 aromatic heterocycles. The van der Waals surface area contributed by atoms with Crippen LogP contribution in [-0.2, 0) is 30.3 Å². The number of amides is 2. The quantitative estimate of drug-likeness (QED) is 0.670. The zero-order chi connectivity index (χ0) is 20.8. The number of nitrogens with zero attached hydrogens (tertiary/aromatic N) is 1. The van der Waals surface area contributed by atoms with Crippen molar-refractivity contribution in [1.29, 1.82) is 0 Å². The van der Waals surface area contributed by atoms with Crippen LogP contribution in [0.2, 0.25) is 0 Å². The molecule has 2 aliphatic rings. The van der Waals surface area contributed by atoms with Crippen LogP contribution in [-0.4, -0.2) is 53.7 Å². The Hall–Kier alpha value is -2.70. The second-order valence-electron chi connectivity index (χ2n) is 7.91. The molecule has 1 saturated carbocycles. The summed E-state index contributed by atoms with van der Waals surface area (Å²) in [5.74, 6) is -1.75. The Labute approximate surface area is 170 Å². The molecule has 156 valence electrons. The van der Waals surface area contributed by atoms with Gasteiger partial charge in [-0.25, -0.2) is 0 Å². The topological polar surface area (TPSA) is 92.8 Å². The number of ketones is 1. The number of hydrogen-bond acceptors (Lipinski definition) is 5. The largest absolute Gasteiger partial charge is 0.455 e. The van der Waals surface area contributed by atoms with Gasteiger partial charge in [0, 0.05) is 19.0 Å².